The van der Waals surface area contributed by atoms with Crippen LogP contribution in [0, 0.1) is 11.8 Å². The number of likely N-dealkylation sites (tertiary alicyclic amines) is 1. The third-order valence-electron chi connectivity index (χ3n) is 4.44. The maximum Gasteiger partial charge on any atom is 0.317 e. The molecule has 6 heteroatoms. The molecule has 2 aliphatic rings. The van der Waals surface area contributed by atoms with Crippen molar-refractivity contribution in [1.82, 2.24) is 10.2 Å². The first-order valence-corrected chi connectivity index (χ1v) is 6.93. The van der Waals surface area contributed by atoms with Crippen molar-refractivity contribution in [3.05, 3.63) is 0 Å². The number of hydrogen-bond acceptors (Lipinski definition) is 3. The maximum absolute atomic E-state index is 12.1. The van der Waals surface area contributed by atoms with Gasteiger partial charge in [0, 0.05) is 12.6 Å². The number of carboxylic acids is 1. The molecule has 2 fully saturated rings. The number of aliphatic hydroxyl groups is 1. The minimum atomic E-state index is -0.778. The van der Waals surface area contributed by atoms with E-state index in [0.29, 0.717) is 25.3 Å². The Morgan fingerprint density at radius 1 is 1.32 bits per heavy atom. The number of carboxylic acid groups (broad SMARTS) is 1. The van der Waals surface area contributed by atoms with Gasteiger partial charge in [-0.3, -0.25) is 4.79 Å². The summed E-state index contributed by atoms with van der Waals surface area (Å²) in [6.45, 7) is 2.68. The van der Waals surface area contributed by atoms with Gasteiger partial charge in [0.1, 0.15) is 0 Å². The fraction of sp³-hybridized carbons (Fsp3) is 0.846. The average Bonchev–Trinajstić information content (AvgIpc) is 2.95. The highest BCUT2D eigenvalue weighted by molar-refractivity contribution is 5.76. The van der Waals surface area contributed by atoms with Crippen LogP contribution in [0.15, 0.2) is 0 Å². The third kappa shape index (κ3) is 3.00. The van der Waals surface area contributed by atoms with Crippen molar-refractivity contribution < 1.29 is 19.8 Å². The average molecular weight is 270 g/mol. The van der Waals surface area contributed by atoms with E-state index < -0.39 is 5.97 Å². The highest BCUT2D eigenvalue weighted by Gasteiger charge is 2.36. The molecule has 2 rings (SSSR count). The second-order valence-corrected chi connectivity index (χ2v) is 5.70. The molecule has 3 N–H and O–H groups in total. The zero-order chi connectivity index (χ0) is 14.0. The predicted molar refractivity (Wildman–Crippen MR) is 68.7 cm³/mol. The first-order valence-electron chi connectivity index (χ1n) is 6.93. The largest absolute Gasteiger partial charge is 0.481 e. The SMILES string of the molecule is CC1CCN(C(=O)NC2CCC(C(=O)O)C2)C1CO. The molecule has 108 valence electrons. The van der Waals surface area contributed by atoms with Crippen molar-refractivity contribution in [2.45, 2.75) is 44.7 Å². The van der Waals surface area contributed by atoms with Crippen molar-refractivity contribution in [2.24, 2.45) is 11.8 Å². The van der Waals surface area contributed by atoms with Crippen molar-refractivity contribution >= 4 is 12.0 Å². The second-order valence-electron chi connectivity index (χ2n) is 5.70. The smallest absolute Gasteiger partial charge is 0.317 e. The van der Waals surface area contributed by atoms with Crippen LogP contribution in [0.25, 0.3) is 0 Å². The van der Waals surface area contributed by atoms with Crippen LogP contribution in [0.2, 0.25) is 0 Å². The molecule has 1 aliphatic heterocycles. The summed E-state index contributed by atoms with van der Waals surface area (Å²) in [4.78, 5) is 24.7. The van der Waals surface area contributed by atoms with E-state index in [4.69, 9.17) is 5.11 Å². The standard InChI is InChI=1S/C13H22N2O4/c1-8-4-5-15(11(8)7-16)13(19)14-10-3-2-9(6-10)12(17)18/h8-11,16H,2-7H2,1H3,(H,14,19)(H,17,18). The normalized spacial score (nSPS) is 34.5. The topological polar surface area (TPSA) is 89.9 Å². The van der Waals surface area contributed by atoms with Gasteiger partial charge in [-0.1, -0.05) is 6.92 Å². The summed E-state index contributed by atoms with van der Waals surface area (Å²) in [6.07, 6.45) is 2.76. The lowest BCUT2D eigenvalue weighted by Gasteiger charge is -2.27. The Morgan fingerprint density at radius 2 is 2.05 bits per heavy atom. The molecule has 0 spiro atoms. The number of amides is 2. The molecule has 0 aromatic carbocycles. The maximum atomic E-state index is 12.1. The van der Waals surface area contributed by atoms with Gasteiger partial charge in [-0.05, 0) is 31.6 Å². The molecular weight excluding hydrogens is 248 g/mol. The van der Waals surface area contributed by atoms with Crippen LogP contribution in [0.1, 0.15) is 32.6 Å². The zero-order valence-electron chi connectivity index (χ0n) is 11.2. The van der Waals surface area contributed by atoms with E-state index in [1.54, 1.807) is 4.90 Å². The summed E-state index contributed by atoms with van der Waals surface area (Å²) in [7, 11) is 0. The van der Waals surface area contributed by atoms with Gasteiger partial charge in [0.15, 0.2) is 0 Å². The molecule has 0 bridgehead atoms. The fourth-order valence-corrected chi connectivity index (χ4v) is 3.13. The van der Waals surface area contributed by atoms with Crippen molar-refractivity contribution in [2.75, 3.05) is 13.2 Å². The molecular formula is C13H22N2O4. The van der Waals surface area contributed by atoms with E-state index >= 15 is 0 Å². The minimum absolute atomic E-state index is 0.0169. The van der Waals surface area contributed by atoms with E-state index in [1.165, 1.54) is 0 Å². The van der Waals surface area contributed by atoms with Gasteiger partial charge in [0.25, 0.3) is 0 Å². The fourth-order valence-electron chi connectivity index (χ4n) is 3.13. The predicted octanol–water partition coefficient (Wildman–Crippen LogP) is 0.652. The first kappa shape index (κ1) is 14.1. The molecule has 2 amide bonds. The van der Waals surface area contributed by atoms with Crippen LogP contribution in [-0.2, 0) is 4.79 Å². The lowest BCUT2D eigenvalue weighted by molar-refractivity contribution is -0.141. The number of carbonyl (C=O) groups is 2. The molecule has 1 saturated carbocycles. The van der Waals surface area contributed by atoms with Gasteiger partial charge in [0.2, 0.25) is 0 Å². The van der Waals surface area contributed by atoms with Gasteiger partial charge in [0.05, 0.1) is 18.6 Å². The van der Waals surface area contributed by atoms with Crippen LogP contribution in [0.4, 0.5) is 4.79 Å². The quantitative estimate of drug-likeness (QED) is 0.702. The van der Waals surface area contributed by atoms with E-state index in [0.717, 1.165) is 12.8 Å². The summed E-state index contributed by atoms with van der Waals surface area (Å²) >= 11 is 0. The van der Waals surface area contributed by atoms with Crippen molar-refractivity contribution in [3.63, 3.8) is 0 Å². The van der Waals surface area contributed by atoms with Gasteiger partial charge in [-0.15, -0.1) is 0 Å². The second kappa shape index (κ2) is 5.77. The number of aliphatic carboxylic acids is 1. The Kier molecular flexibility index (Phi) is 4.29. The van der Waals surface area contributed by atoms with E-state index in [2.05, 4.69) is 5.32 Å². The Bertz CT molecular complexity index is 361. The van der Waals surface area contributed by atoms with E-state index in [1.807, 2.05) is 6.92 Å². The molecule has 0 aromatic rings. The minimum Gasteiger partial charge on any atom is -0.481 e. The lowest BCUT2D eigenvalue weighted by atomic mass is 10.0. The summed E-state index contributed by atoms with van der Waals surface area (Å²) in [6, 6.07) is -0.333. The summed E-state index contributed by atoms with van der Waals surface area (Å²) < 4.78 is 0. The number of rotatable bonds is 3. The number of carbonyl (C=O) groups excluding carboxylic acids is 1. The van der Waals surface area contributed by atoms with Gasteiger partial charge in [-0.25, -0.2) is 4.79 Å². The Hall–Kier alpha value is -1.30. The molecule has 0 radical (unpaired) electrons. The van der Waals surface area contributed by atoms with Crippen molar-refractivity contribution in [3.8, 4) is 0 Å². The van der Waals surface area contributed by atoms with Gasteiger partial charge < -0.3 is 20.4 Å². The Morgan fingerprint density at radius 3 is 2.63 bits per heavy atom. The lowest BCUT2D eigenvalue weighted by Crippen LogP contribution is -2.48. The number of nitrogens with zero attached hydrogens (tertiary/aromatic N) is 1. The number of urea groups is 1. The molecule has 6 nitrogen and oxygen atoms in total. The molecule has 4 atom stereocenters. The van der Waals surface area contributed by atoms with Crippen LogP contribution in [-0.4, -0.2) is 52.3 Å². The number of aliphatic hydroxyl groups excluding tert-OH is 1. The molecule has 19 heavy (non-hydrogen) atoms. The van der Waals surface area contributed by atoms with Gasteiger partial charge in [-0.2, -0.15) is 0 Å². The monoisotopic (exact) mass is 270 g/mol. The summed E-state index contributed by atoms with van der Waals surface area (Å²) in [5.41, 5.74) is 0. The van der Waals surface area contributed by atoms with E-state index in [9.17, 15) is 14.7 Å². The van der Waals surface area contributed by atoms with Gasteiger partial charge >= 0.3 is 12.0 Å². The molecule has 1 saturated heterocycles. The van der Waals surface area contributed by atoms with Crippen LogP contribution in [0.3, 0.4) is 0 Å². The Balaban J connectivity index is 1.86. The summed E-state index contributed by atoms with van der Waals surface area (Å²) in [5, 5.41) is 21.2. The van der Waals surface area contributed by atoms with Crippen LogP contribution in [0.5, 0.6) is 0 Å². The molecule has 1 heterocycles. The first-order chi connectivity index (χ1) is 9.02. The number of nitrogens with one attached hydrogen (secondary N) is 1. The highest BCUT2D eigenvalue weighted by Crippen LogP contribution is 2.27. The zero-order valence-corrected chi connectivity index (χ0v) is 11.2. The molecule has 0 aromatic heterocycles. The van der Waals surface area contributed by atoms with Crippen molar-refractivity contribution in [1.29, 1.82) is 0 Å². The molecule has 1 aliphatic carbocycles. The Labute approximate surface area is 112 Å². The summed E-state index contributed by atoms with van der Waals surface area (Å²) in [5.74, 6) is -0.803. The number of hydrogen-bond donors (Lipinski definition) is 3. The van der Waals surface area contributed by atoms with E-state index in [-0.39, 0.29) is 30.6 Å². The highest BCUT2D eigenvalue weighted by atomic mass is 16.4. The van der Waals surface area contributed by atoms with Crippen LogP contribution < -0.4 is 5.32 Å². The van der Waals surface area contributed by atoms with Crippen LogP contribution >= 0.6 is 0 Å². The third-order valence-corrected chi connectivity index (χ3v) is 4.44. The molecule has 4 unspecified atom stereocenters.